The summed E-state index contributed by atoms with van der Waals surface area (Å²) in [5.74, 6) is 0.927. The number of hydrogen-bond donors (Lipinski definition) is 2. The van der Waals surface area contributed by atoms with Crippen LogP contribution in [0.4, 0.5) is 5.69 Å². The second-order valence-corrected chi connectivity index (χ2v) is 4.29. The molecular weight excluding hydrogens is 246 g/mol. The third kappa shape index (κ3) is 3.61. The quantitative estimate of drug-likeness (QED) is 0.623. The molecule has 72 valence electrons. The topological polar surface area (TPSA) is 12.0 Å². The molecule has 0 aliphatic heterocycles. The largest absolute Gasteiger partial charge is 0.384 e. The smallest absolute Gasteiger partial charge is 0.0484 e. The summed E-state index contributed by atoms with van der Waals surface area (Å²) in [4.78, 5) is 0. The van der Waals surface area contributed by atoms with E-state index in [2.05, 4.69) is 59.0 Å². The van der Waals surface area contributed by atoms with E-state index in [9.17, 15) is 0 Å². The average molecular weight is 260 g/mol. The van der Waals surface area contributed by atoms with Gasteiger partial charge in [-0.05, 0) is 52.7 Å². The maximum Gasteiger partial charge on any atom is 0.0484 e. The molecule has 1 nitrogen and oxygen atoms in total. The minimum Gasteiger partial charge on any atom is -0.384 e. The Morgan fingerprint density at radius 3 is 2.85 bits per heavy atom. The first-order valence-corrected chi connectivity index (χ1v) is 5.77. The van der Waals surface area contributed by atoms with Crippen molar-refractivity contribution in [2.75, 3.05) is 17.6 Å². The Morgan fingerprint density at radius 1 is 1.46 bits per heavy atom. The lowest BCUT2D eigenvalue weighted by Crippen LogP contribution is -2.02. The number of thiol groups is 1. The molecule has 1 N–H and O–H groups in total. The molecule has 0 aliphatic carbocycles. The van der Waals surface area contributed by atoms with E-state index < -0.39 is 0 Å². The number of nitrogens with one attached hydrogen (secondary N) is 1. The van der Waals surface area contributed by atoms with E-state index in [-0.39, 0.29) is 0 Å². The SMILES string of the molecule is Cc1ccc(NCCCS)c(Br)c1. The van der Waals surface area contributed by atoms with Crippen LogP contribution in [-0.2, 0) is 0 Å². The lowest BCUT2D eigenvalue weighted by molar-refractivity contribution is 0.994. The molecule has 1 aromatic rings. The van der Waals surface area contributed by atoms with Gasteiger partial charge in [-0.15, -0.1) is 0 Å². The fourth-order valence-electron chi connectivity index (χ4n) is 1.07. The zero-order valence-electron chi connectivity index (χ0n) is 7.68. The zero-order valence-corrected chi connectivity index (χ0v) is 10.2. The molecule has 0 saturated heterocycles. The molecule has 0 aromatic heterocycles. The van der Waals surface area contributed by atoms with Gasteiger partial charge in [-0.25, -0.2) is 0 Å². The third-order valence-electron chi connectivity index (χ3n) is 1.77. The number of halogens is 1. The molecule has 0 radical (unpaired) electrons. The first kappa shape index (κ1) is 10.9. The summed E-state index contributed by atoms with van der Waals surface area (Å²) in [5.41, 5.74) is 2.43. The van der Waals surface area contributed by atoms with E-state index in [1.54, 1.807) is 0 Å². The highest BCUT2D eigenvalue weighted by molar-refractivity contribution is 9.10. The van der Waals surface area contributed by atoms with E-state index >= 15 is 0 Å². The summed E-state index contributed by atoms with van der Waals surface area (Å²) in [6.45, 7) is 3.06. The number of benzene rings is 1. The van der Waals surface area contributed by atoms with Crippen LogP contribution in [0.1, 0.15) is 12.0 Å². The van der Waals surface area contributed by atoms with Crippen molar-refractivity contribution in [1.82, 2.24) is 0 Å². The maximum atomic E-state index is 4.16. The molecule has 0 saturated carbocycles. The van der Waals surface area contributed by atoms with Gasteiger partial charge in [0.05, 0.1) is 0 Å². The van der Waals surface area contributed by atoms with Crippen LogP contribution in [0.2, 0.25) is 0 Å². The van der Waals surface area contributed by atoms with Gasteiger partial charge >= 0.3 is 0 Å². The van der Waals surface area contributed by atoms with E-state index in [1.165, 1.54) is 5.56 Å². The summed E-state index contributed by atoms with van der Waals surface area (Å²) in [7, 11) is 0. The molecule has 0 heterocycles. The van der Waals surface area contributed by atoms with E-state index in [0.717, 1.165) is 28.9 Å². The molecule has 0 fully saturated rings. The Labute approximate surface area is 93.5 Å². The van der Waals surface area contributed by atoms with Gasteiger partial charge in [0.1, 0.15) is 0 Å². The number of aryl methyl sites for hydroxylation is 1. The predicted octanol–water partition coefficient (Wildman–Crippen LogP) is 3.49. The van der Waals surface area contributed by atoms with Crippen molar-refractivity contribution in [1.29, 1.82) is 0 Å². The van der Waals surface area contributed by atoms with Crippen molar-refractivity contribution in [2.45, 2.75) is 13.3 Å². The van der Waals surface area contributed by atoms with Crippen LogP contribution in [0.25, 0.3) is 0 Å². The molecule has 0 unspecified atom stereocenters. The Morgan fingerprint density at radius 2 is 2.23 bits per heavy atom. The van der Waals surface area contributed by atoms with Gasteiger partial charge in [0.2, 0.25) is 0 Å². The summed E-state index contributed by atoms with van der Waals surface area (Å²) >= 11 is 7.68. The fourth-order valence-corrected chi connectivity index (χ4v) is 1.86. The highest BCUT2D eigenvalue weighted by atomic mass is 79.9. The van der Waals surface area contributed by atoms with Crippen molar-refractivity contribution < 1.29 is 0 Å². The minimum atomic E-state index is 0.927. The second kappa shape index (κ2) is 5.55. The molecule has 0 atom stereocenters. The number of hydrogen-bond acceptors (Lipinski definition) is 2. The number of anilines is 1. The summed E-state index contributed by atoms with van der Waals surface area (Å²) in [5, 5.41) is 3.35. The van der Waals surface area contributed by atoms with Gasteiger partial charge in [0, 0.05) is 16.7 Å². The molecule has 0 aliphatic rings. The van der Waals surface area contributed by atoms with Crippen molar-refractivity contribution >= 4 is 34.2 Å². The molecular formula is C10H14BrNS. The molecule has 0 spiro atoms. The Hall–Kier alpha value is -0.150. The molecule has 13 heavy (non-hydrogen) atoms. The van der Waals surface area contributed by atoms with Crippen molar-refractivity contribution in [3.05, 3.63) is 28.2 Å². The molecule has 1 aromatic carbocycles. The van der Waals surface area contributed by atoms with E-state index in [0.29, 0.717) is 0 Å². The average Bonchev–Trinajstić information content (AvgIpc) is 2.09. The Balaban J connectivity index is 2.56. The van der Waals surface area contributed by atoms with Crippen molar-refractivity contribution in [3.8, 4) is 0 Å². The van der Waals surface area contributed by atoms with E-state index in [1.807, 2.05) is 0 Å². The number of rotatable bonds is 4. The standard InChI is InChI=1S/C10H14BrNS/c1-8-3-4-10(9(11)7-8)12-5-2-6-13/h3-4,7,12-13H,2,5-6H2,1H3. The van der Waals surface area contributed by atoms with Crippen molar-refractivity contribution in [2.24, 2.45) is 0 Å². The first-order valence-electron chi connectivity index (χ1n) is 4.35. The van der Waals surface area contributed by atoms with Crippen LogP contribution in [0.5, 0.6) is 0 Å². The summed E-state index contributed by atoms with van der Waals surface area (Å²) in [6.07, 6.45) is 1.09. The van der Waals surface area contributed by atoms with E-state index in [4.69, 9.17) is 0 Å². The Bertz CT molecular complexity index is 276. The molecule has 1 rings (SSSR count). The monoisotopic (exact) mass is 259 g/mol. The van der Waals surface area contributed by atoms with Crippen molar-refractivity contribution in [3.63, 3.8) is 0 Å². The Kier molecular flexibility index (Phi) is 4.67. The third-order valence-corrected chi connectivity index (χ3v) is 2.75. The molecule has 3 heteroatoms. The van der Waals surface area contributed by atoms with Crippen LogP contribution in [0.15, 0.2) is 22.7 Å². The summed E-state index contributed by atoms with van der Waals surface area (Å²) in [6, 6.07) is 6.31. The zero-order chi connectivity index (χ0) is 9.68. The van der Waals surface area contributed by atoms with Crippen LogP contribution in [-0.4, -0.2) is 12.3 Å². The predicted molar refractivity (Wildman–Crippen MR) is 65.8 cm³/mol. The van der Waals surface area contributed by atoms with Crippen LogP contribution in [0, 0.1) is 6.92 Å². The lowest BCUT2D eigenvalue weighted by atomic mass is 10.2. The minimum absolute atomic E-state index is 0.927. The maximum absolute atomic E-state index is 4.16. The highest BCUT2D eigenvalue weighted by Gasteiger charge is 1.97. The van der Waals surface area contributed by atoms with Gasteiger partial charge in [0.15, 0.2) is 0 Å². The fraction of sp³-hybridized carbons (Fsp3) is 0.400. The lowest BCUT2D eigenvalue weighted by Gasteiger charge is -2.07. The van der Waals surface area contributed by atoms with Crippen LogP contribution in [0.3, 0.4) is 0 Å². The van der Waals surface area contributed by atoms with Gasteiger partial charge in [-0.1, -0.05) is 6.07 Å². The summed E-state index contributed by atoms with van der Waals surface area (Å²) < 4.78 is 1.13. The van der Waals surface area contributed by atoms with Gasteiger partial charge in [-0.3, -0.25) is 0 Å². The second-order valence-electron chi connectivity index (χ2n) is 2.99. The molecule has 0 bridgehead atoms. The first-order chi connectivity index (χ1) is 6.24. The molecule has 0 amide bonds. The van der Waals surface area contributed by atoms with Crippen LogP contribution >= 0.6 is 28.6 Å². The van der Waals surface area contributed by atoms with Gasteiger partial charge in [0.25, 0.3) is 0 Å². The van der Waals surface area contributed by atoms with Crippen LogP contribution < -0.4 is 5.32 Å². The van der Waals surface area contributed by atoms with Gasteiger partial charge < -0.3 is 5.32 Å². The van der Waals surface area contributed by atoms with Gasteiger partial charge in [-0.2, -0.15) is 12.6 Å². The highest BCUT2D eigenvalue weighted by Crippen LogP contribution is 2.23. The normalized spacial score (nSPS) is 10.1.